The van der Waals surface area contributed by atoms with Crippen molar-refractivity contribution in [2.45, 2.75) is 12.8 Å². The van der Waals surface area contributed by atoms with Gasteiger partial charge in [0.1, 0.15) is 0 Å². The Bertz CT molecular complexity index is 404. The van der Waals surface area contributed by atoms with Gasteiger partial charge in [0, 0.05) is 31.0 Å². The zero-order valence-electron chi connectivity index (χ0n) is 9.95. The summed E-state index contributed by atoms with van der Waals surface area (Å²) in [7, 11) is 0. The Morgan fingerprint density at radius 1 is 1.12 bits per heavy atom. The van der Waals surface area contributed by atoms with Gasteiger partial charge in [0.25, 0.3) is 0 Å². The molecule has 0 radical (unpaired) electrons. The molecule has 0 aliphatic carbocycles. The summed E-state index contributed by atoms with van der Waals surface area (Å²) >= 11 is 0. The highest BCUT2D eigenvalue weighted by molar-refractivity contribution is 5.94. The Balaban J connectivity index is 1.66. The molecule has 0 amide bonds. The van der Waals surface area contributed by atoms with Crippen molar-refractivity contribution >= 4 is 17.3 Å². The fourth-order valence-electron chi connectivity index (χ4n) is 2.35. The first kappa shape index (κ1) is 10.4. The van der Waals surface area contributed by atoms with Crippen LogP contribution in [-0.4, -0.2) is 32.1 Å². The first-order valence-corrected chi connectivity index (χ1v) is 6.32. The van der Waals surface area contributed by atoms with Crippen LogP contribution in [0.4, 0.5) is 11.4 Å². The van der Waals surface area contributed by atoms with E-state index >= 15 is 0 Å². The number of rotatable bonds is 2. The van der Waals surface area contributed by atoms with Crippen LogP contribution >= 0.6 is 0 Å². The normalized spacial score (nSPS) is 19.1. The summed E-state index contributed by atoms with van der Waals surface area (Å²) in [5, 5.41) is 6.48. The molecular formula is C13H18N4. The largest absolute Gasteiger partial charge is 0.372 e. The summed E-state index contributed by atoms with van der Waals surface area (Å²) in [4.78, 5) is 6.75. The van der Waals surface area contributed by atoms with Crippen molar-refractivity contribution in [3.63, 3.8) is 0 Å². The molecule has 1 fully saturated rings. The lowest BCUT2D eigenvalue weighted by Gasteiger charge is -2.18. The van der Waals surface area contributed by atoms with Gasteiger partial charge in [0.05, 0.1) is 6.54 Å². The Kier molecular flexibility index (Phi) is 2.86. The highest BCUT2D eigenvalue weighted by atomic mass is 15.2. The van der Waals surface area contributed by atoms with Gasteiger partial charge in [-0.05, 0) is 37.1 Å². The molecule has 2 aliphatic rings. The summed E-state index contributed by atoms with van der Waals surface area (Å²) in [5.74, 6) is 0.888. The van der Waals surface area contributed by atoms with E-state index in [-0.39, 0.29) is 0 Å². The quantitative estimate of drug-likeness (QED) is 0.811. The average molecular weight is 230 g/mol. The fourth-order valence-corrected chi connectivity index (χ4v) is 2.35. The van der Waals surface area contributed by atoms with Crippen LogP contribution < -0.4 is 15.5 Å². The van der Waals surface area contributed by atoms with Crippen LogP contribution in [0.2, 0.25) is 0 Å². The van der Waals surface area contributed by atoms with Gasteiger partial charge in [0.2, 0.25) is 0 Å². The molecule has 1 aromatic rings. The summed E-state index contributed by atoms with van der Waals surface area (Å²) in [6.45, 7) is 4.20. The van der Waals surface area contributed by atoms with E-state index in [0.717, 1.165) is 24.7 Å². The number of benzene rings is 1. The number of guanidine groups is 1. The molecule has 1 aromatic carbocycles. The van der Waals surface area contributed by atoms with Gasteiger partial charge in [0.15, 0.2) is 5.96 Å². The topological polar surface area (TPSA) is 39.7 Å². The maximum atomic E-state index is 4.31. The maximum Gasteiger partial charge on any atom is 0.195 e. The van der Waals surface area contributed by atoms with E-state index in [0.29, 0.717) is 0 Å². The van der Waals surface area contributed by atoms with Crippen LogP contribution in [0.3, 0.4) is 0 Å². The summed E-state index contributed by atoms with van der Waals surface area (Å²) < 4.78 is 0. The second-order valence-corrected chi connectivity index (χ2v) is 4.52. The third-order valence-corrected chi connectivity index (χ3v) is 3.28. The van der Waals surface area contributed by atoms with Crippen LogP contribution in [0, 0.1) is 0 Å². The zero-order chi connectivity index (χ0) is 11.5. The molecule has 4 heteroatoms. The highest BCUT2D eigenvalue weighted by Crippen LogP contribution is 2.21. The Morgan fingerprint density at radius 2 is 1.88 bits per heavy atom. The summed E-state index contributed by atoms with van der Waals surface area (Å²) in [6.07, 6.45) is 2.64. The molecule has 0 bridgehead atoms. The lowest BCUT2D eigenvalue weighted by Crippen LogP contribution is -2.26. The van der Waals surface area contributed by atoms with Gasteiger partial charge in [-0.3, -0.25) is 4.99 Å². The van der Waals surface area contributed by atoms with Gasteiger partial charge in [-0.25, -0.2) is 0 Å². The van der Waals surface area contributed by atoms with E-state index in [1.165, 1.54) is 31.6 Å². The summed E-state index contributed by atoms with van der Waals surface area (Å²) in [5.41, 5.74) is 2.43. The van der Waals surface area contributed by atoms with Crippen LogP contribution in [0.5, 0.6) is 0 Å². The van der Waals surface area contributed by atoms with E-state index in [1.54, 1.807) is 0 Å². The maximum absolute atomic E-state index is 4.31. The number of aliphatic imine (C=N–C) groups is 1. The molecule has 0 atom stereocenters. The minimum Gasteiger partial charge on any atom is -0.372 e. The minimum absolute atomic E-state index is 0.869. The third kappa shape index (κ3) is 2.35. The van der Waals surface area contributed by atoms with E-state index in [4.69, 9.17) is 0 Å². The molecule has 0 saturated carbocycles. The number of hydrogen-bond donors (Lipinski definition) is 2. The number of hydrogen-bond acceptors (Lipinski definition) is 4. The van der Waals surface area contributed by atoms with Gasteiger partial charge in [-0.2, -0.15) is 0 Å². The average Bonchev–Trinajstić information content (AvgIpc) is 3.01. The molecule has 2 heterocycles. The van der Waals surface area contributed by atoms with Crippen molar-refractivity contribution in [2.75, 3.05) is 36.4 Å². The second-order valence-electron chi connectivity index (χ2n) is 4.52. The van der Waals surface area contributed by atoms with Crippen LogP contribution in [-0.2, 0) is 0 Å². The molecular weight excluding hydrogens is 212 g/mol. The third-order valence-electron chi connectivity index (χ3n) is 3.28. The van der Waals surface area contributed by atoms with Crippen molar-refractivity contribution in [1.82, 2.24) is 5.32 Å². The first-order valence-electron chi connectivity index (χ1n) is 6.32. The van der Waals surface area contributed by atoms with Crippen LogP contribution in [0.25, 0.3) is 0 Å². The van der Waals surface area contributed by atoms with E-state index in [9.17, 15) is 0 Å². The molecule has 0 aromatic heterocycles. The van der Waals surface area contributed by atoms with Crippen molar-refractivity contribution < 1.29 is 0 Å². The first-order chi connectivity index (χ1) is 8.42. The minimum atomic E-state index is 0.869. The van der Waals surface area contributed by atoms with Crippen LogP contribution in [0.1, 0.15) is 12.8 Å². The zero-order valence-corrected chi connectivity index (χ0v) is 9.95. The molecule has 1 saturated heterocycles. The molecule has 0 spiro atoms. The Morgan fingerprint density at radius 3 is 2.53 bits per heavy atom. The van der Waals surface area contributed by atoms with Gasteiger partial charge >= 0.3 is 0 Å². The fraction of sp³-hybridized carbons (Fsp3) is 0.462. The van der Waals surface area contributed by atoms with Crippen molar-refractivity contribution in [2.24, 2.45) is 4.99 Å². The Labute approximate surface area is 102 Å². The van der Waals surface area contributed by atoms with Gasteiger partial charge in [-0.15, -0.1) is 0 Å². The van der Waals surface area contributed by atoms with E-state index < -0.39 is 0 Å². The van der Waals surface area contributed by atoms with Gasteiger partial charge in [-0.1, -0.05) is 0 Å². The molecule has 0 unspecified atom stereocenters. The molecule has 2 aliphatic heterocycles. The van der Waals surface area contributed by atoms with Crippen molar-refractivity contribution in [3.8, 4) is 0 Å². The molecule has 90 valence electrons. The van der Waals surface area contributed by atoms with E-state index in [1.807, 2.05) is 0 Å². The lowest BCUT2D eigenvalue weighted by molar-refractivity contribution is 0.949. The molecule has 3 rings (SSSR count). The van der Waals surface area contributed by atoms with Crippen molar-refractivity contribution in [3.05, 3.63) is 24.3 Å². The monoisotopic (exact) mass is 230 g/mol. The smallest absolute Gasteiger partial charge is 0.195 e. The standard InChI is InChI=1S/C13H18N4/c1-2-10-17(9-1)12-5-3-11(4-6-12)16-13-14-7-8-15-13/h3-6H,1-2,7-10H2,(H2,14,15,16). The molecule has 4 nitrogen and oxygen atoms in total. The second kappa shape index (κ2) is 4.65. The summed E-state index contributed by atoms with van der Waals surface area (Å²) in [6, 6.07) is 8.61. The molecule has 2 N–H and O–H groups in total. The Hall–Kier alpha value is -1.71. The van der Waals surface area contributed by atoms with Gasteiger partial charge < -0.3 is 15.5 Å². The number of nitrogens with zero attached hydrogens (tertiary/aromatic N) is 2. The predicted octanol–water partition coefficient (Wildman–Crippen LogP) is 1.66. The lowest BCUT2D eigenvalue weighted by atomic mass is 10.2. The van der Waals surface area contributed by atoms with Crippen LogP contribution in [0.15, 0.2) is 29.3 Å². The highest BCUT2D eigenvalue weighted by Gasteiger charge is 2.12. The number of anilines is 2. The van der Waals surface area contributed by atoms with Crippen molar-refractivity contribution in [1.29, 1.82) is 0 Å². The SMILES string of the molecule is c1cc(N2CCCC2)ccc1NC1=NCCN1. The van der Waals surface area contributed by atoms with E-state index in [2.05, 4.69) is 44.8 Å². The number of nitrogens with one attached hydrogen (secondary N) is 2. The molecule has 17 heavy (non-hydrogen) atoms. The predicted molar refractivity (Wildman–Crippen MR) is 71.8 cm³/mol.